The van der Waals surface area contributed by atoms with Crippen molar-refractivity contribution in [2.75, 3.05) is 6.54 Å². The van der Waals surface area contributed by atoms with E-state index in [1.165, 1.54) is 0 Å². The number of pyridine rings is 1. The van der Waals surface area contributed by atoms with E-state index >= 15 is 0 Å². The summed E-state index contributed by atoms with van der Waals surface area (Å²) in [4.78, 5) is 32.6. The van der Waals surface area contributed by atoms with Gasteiger partial charge >= 0.3 is 0 Å². The minimum Gasteiger partial charge on any atom is -0.333 e. The fourth-order valence-corrected chi connectivity index (χ4v) is 3.63. The molecular formula is C20H22N6O. The molecule has 0 spiro atoms. The van der Waals surface area contributed by atoms with Gasteiger partial charge in [0.2, 0.25) is 0 Å². The largest absolute Gasteiger partial charge is 0.333 e. The molecule has 4 heterocycles. The Morgan fingerprint density at radius 3 is 2.70 bits per heavy atom. The van der Waals surface area contributed by atoms with Crippen molar-refractivity contribution in [1.29, 1.82) is 0 Å². The van der Waals surface area contributed by atoms with Gasteiger partial charge in [0.25, 0.3) is 5.91 Å². The minimum atomic E-state index is -0.0554. The monoisotopic (exact) mass is 362 g/mol. The average molecular weight is 362 g/mol. The van der Waals surface area contributed by atoms with Crippen molar-refractivity contribution < 1.29 is 4.79 Å². The standard InChI is InChI=1S/C20H22N6O/c1-14-23-16(13-17(24-14)19-22-10-12-25(19)2)18-5-3-4-11-26(18)20(27)15-6-8-21-9-7-15/h6-10,12-13,18H,3-5,11H2,1-2H3/t18-/m1/s1. The predicted octanol–water partition coefficient (Wildman–Crippen LogP) is 2.95. The fourth-order valence-electron chi connectivity index (χ4n) is 3.63. The molecule has 7 heteroatoms. The van der Waals surface area contributed by atoms with Gasteiger partial charge in [-0.05, 0) is 44.4 Å². The average Bonchev–Trinajstić information content (AvgIpc) is 3.13. The van der Waals surface area contributed by atoms with E-state index in [0.29, 0.717) is 11.4 Å². The predicted molar refractivity (Wildman–Crippen MR) is 101 cm³/mol. The zero-order chi connectivity index (χ0) is 18.8. The maximum absolute atomic E-state index is 13.1. The van der Waals surface area contributed by atoms with Crippen molar-refractivity contribution in [3.63, 3.8) is 0 Å². The Labute approximate surface area is 158 Å². The topological polar surface area (TPSA) is 76.8 Å². The lowest BCUT2D eigenvalue weighted by Crippen LogP contribution is -2.39. The minimum absolute atomic E-state index is 0.0249. The van der Waals surface area contributed by atoms with E-state index in [1.807, 2.05) is 35.7 Å². The van der Waals surface area contributed by atoms with Crippen molar-refractivity contribution in [1.82, 2.24) is 29.4 Å². The van der Waals surface area contributed by atoms with Crippen LogP contribution in [0.1, 0.15) is 47.2 Å². The number of aromatic nitrogens is 5. The van der Waals surface area contributed by atoms with Gasteiger partial charge in [0.15, 0.2) is 5.82 Å². The van der Waals surface area contributed by atoms with Gasteiger partial charge in [0, 0.05) is 43.9 Å². The van der Waals surface area contributed by atoms with E-state index in [-0.39, 0.29) is 11.9 Å². The van der Waals surface area contributed by atoms with E-state index in [9.17, 15) is 4.79 Å². The molecule has 0 saturated carbocycles. The number of imidazole rings is 1. The number of carbonyl (C=O) groups excluding carboxylic acids is 1. The molecule has 0 aliphatic carbocycles. The van der Waals surface area contributed by atoms with Crippen LogP contribution in [0.15, 0.2) is 43.0 Å². The molecule has 3 aromatic heterocycles. The smallest absolute Gasteiger partial charge is 0.254 e. The number of likely N-dealkylation sites (tertiary alicyclic amines) is 1. The molecule has 1 aliphatic heterocycles. The third kappa shape index (κ3) is 3.45. The van der Waals surface area contributed by atoms with Crippen LogP contribution in [0.2, 0.25) is 0 Å². The van der Waals surface area contributed by atoms with Crippen LogP contribution in [0.3, 0.4) is 0 Å². The third-order valence-electron chi connectivity index (χ3n) is 4.94. The summed E-state index contributed by atoms with van der Waals surface area (Å²) in [5, 5.41) is 0. The van der Waals surface area contributed by atoms with Crippen molar-refractivity contribution >= 4 is 5.91 Å². The highest BCUT2D eigenvalue weighted by Gasteiger charge is 2.30. The second kappa shape index (κ2) is 7.26. The zero-order valence-corrected chi connectivity index (χ0v) is 15.5. The van der Waals surface area contributed by atoms with Crippen LogP contribution in [0.4, 0.5) is 0 Å². The molecule has 0 bridgehead atoms. The highest BCUT2D eigenvalue weighted by molar-refractivity contribution is 5.94. The van der Waals surface area contributed by atoms with E-state index in [1.54, 1.807) is 30.7 Å². The summed E-state index contributed by atoms with van der Waals surface area (Å²) >= 11 is 0. The molecule has 7 nitrogen and oxygen atoms in total. The summed E-state index contributed by atoms with van der Waals surface area (Å²) in [5.41, 5.74) is 2.32. The third-order valence-corrected chi connectivity index (χ3v) is 4.94. The molecule has 1 amide bonds. The first-order valence-corrected chi connectivity index (χ1v) is 9.18. The molecule has 0 N–H and O–H groups in total. The number of hydrogen-bond acceptors (Lipinski definition) is 5. The van der Waals surface area contributed by atoms with Crippen LogP contribution in [0.5, 0.6) is 0 Å². The molecule has 1 fully saturated rings. The van der Waals surface area contributed by atoms with Gasteiger partial charge < -0.3 is 9.47 Å². The molecule has 0 aromatic carbocycles. The van der Waals surface area contributed by atoms with Crippen molar-refractivity contribution in [2.45, 2.75) is 32.2 Å². The quantitative estimate of drug-likeness (QED) is 0.716. The number of nitrogens with zero attached hydrogens (tertiary/aromatic N) is 6. The van der Waals surface area contributed by atoms with Gasteiger partial charge in [-0.1, -0.05) is 0 Å². The molecule has 1 atom stereocenters. The molecule has 1 saturated heterocycles. The summed E-state index contributed by atoms with van der Waals surface area (Å²) in [6.07, 6.45) is 9.93. The SMILES string of the molecule is Cc1nc(-c2nccn2C)cc([C@H]2CCCCN2C(=O)c2ccncc2)n1. The summed E-state index contributed by atoms with van der Waals surface area (Å²) in [6, 6.07) is 5.44. The second-order valence-corrected chi connectivity index (χ2v) is 6.83. The summed E-state index contributed by atoms with van der Waals surface area (Å²) < 4.78 is 1.94. The Bertz CT molecular complexity index is 952. The van der Waals surface area contributed by atoms with Crippen LogP contribution < -0.4 is 0 Å². The highest BCUT2D eigenvalue weighted by atomic mass is 16.2. The molecule has 0 radical (unpaired) electrons. The maximum atomic E-state index is 13.1. The Morgan fingerprint density at radius 1 is 1.15 bits per heavy atom. The summed E-state index contributed by atoms with van der Waals surface area (Å²) in [5.74, 6) is 1.51. The number of hydrogen-bond donors (Lipinski definition) is 0. The molecular weight excluding hydrogens is 340 g/mol. The first-order valence-electron chi connectivity index (χ1n) is 9.18. The zero-order valence-electron chi connectivity index (χ0n) is 15.5. The Hall–Kier alpha value is -3.09. The van der Waals surface area contributed by atoms with Crippen LogP contribution in [0, 0.1) is 6.92 Å². The lowest BCUT2D eigenvalue weighted by atomic mass is 9.97. The van der Waals surface area contributed by atoms with E-state index in [2.05, 4.69) is 19.9 Å². The van der Waals surface area contributed by atoms with E-state index in [0.717, 1.165) is 43.0 Å². The number of amides is 1. The van der Waals surface area contributed by atoms with Crippen LogP contribution in [-0.2, 0) is 7.05 Å². The second-order valence-electron chi connectivity index (χ2n) is 6.83. The van der Waals surface area contributed by atoms with Crippen LogP contribution in [-0.4, -0.2) is 41.9 Å². The normalized spacial score (nSPS) is 17.1. The Morgan fingerprint density at radius 2 is 1.96 bits per heavy atom. The molecule has 3 aromatic rings. The number of piperidine rings is 1. The van der Waals surface area contributed by atoms with E-state index < -0.39 is 0 Å². The van der Waals surface area contributed by atoms with Gasteiger partial charge in [-0.3, -0.25) is 9.78 Å². The van der Waals surface area contributed by atoms with Crippen LogP contribution in [0.25, 0.3) is 11.5 Å². The van der Waals surface area contributed by atoms with Crippen molar-refractivity contribution in [2.24, 2.45) is 7.05 Å². The van der Waals surface area contributed by atoms with Crippen molar-refractivity contribution in [3.05, 3.63) is 60.1 Å². The maximum Gasteiger partial charge on any atom is 0.254 e. The van der Waals surface area contributed by atoms with Gasteiger partial charge in [-0.25, -0.2) is 15.0 Å². The molecule has 138 valence electrons. The van der Waals surface area contributed by atoms with Crippen molar-refractivity contribution in [3.8, 4) is 11.5 Å². The highest BCUT2D eigenvalue weighted by Crippen LogP contribution is 2.32. The Kier molecular flexibility index (Phi) is 4.66. The lowest BCUT2D eigenvalue weighted by molar-refractivity contribution is 0.0605. The number of rotatable bonds is 3. The fraction of sp³-hybridized carbons (Fsp3) is 0.350. The lowest BCUT2D eigenvalue weighted by Gasteiger charge is -2.35. The molecule has 27 heavy (non-hydrogen) atoms. The van der Waals surface area contributed by atoms with Crippen LogP contribution >= 0.6 is 0 Å². The van der Waals surface area contributed by atoms with E-state index in [4.69, 9.17) is 0 Å². The first-order chi connectivity index (χ1) is 13.1. The summed E-state index contributed by atoms with van der Waals surface area (Å²) in [6.45, 7) is 2.61. The molecule has 1 aliphatic rings. The molecule has 0 unspecified atom stereocenters. The molecule has 4 rings (SSSR count). The van der Waals surface area contributed by atoms with Gasteiger partial charge in [-0.15, -0.1) is 0 Å². The Balaban J connectivity index is 1.71. The van der Waals surface area contributed by atoms with Gasteiger partial charge in [-0.2, -0.15) is 0 Å². The summed E-state index contributed by atoms with van der Waals surface area (Å²) in [7, 11) is 1.94. The van der Waals surface area contributed by atoms with Gasteiger partial charge in [0.05, 0.1) is 11.7 Å². The van der Waals surface area contributed by atoms with Gasteiger partial charge in [0.1, 0.15) is 11.5 Å². The first kappa shape index (κ1) is 17.3. The number of carbonyl (C=O) groups is 1. The number of aryl methyl sites for hydroxylation is 2.